The Balaban J connectivity index is 1.33. The van der Waals surface area contributed by atoms with E-state index in [9.17, 15) is 0 Å². The smallest absolute Gasteiger partial charge is 0.126 e. The van der Waals surface area contributed by atoms with Gasteiger partial charge in [0, 0.05) is 62.1 Å². The Kier molecular flexibility index (Phi) is 4.67. The highest BCUT2D eigenvalue weighted by atomic mass is 15.3. The molecule has 1 saturated heterocycles. The van der Waals surface area contributed by atoms with Crippen LogP contribution in [0.15, 0.2) is 18.5 Å². The maximum Gasteiger partial charge on any atom is 0.126 e. The summed E-state index contributed by atoms with van der Waals surface area (Å²) in [6, 6.07) is 3.54. The molecular weight excluding hydrogens is 360 g/mol. The van der Waals surface area contributed by atoms with Crippen molar-refractivity contribution in [3.63, 3.8) is 0 Å². The third kappa shape index (κ3) is 3.36. The first-order valence-corrected chi connectivity index (χ1v) is 11.2. The van der Waals surface area contributed by atoms with Crippen molar-refractivity contribution >= 4 is 5.82 Å². The van der Waals surface area contributed by atoms with Gasteiger partial charge in [0.2, 0.25) is 0 Å². The molecule has 2 aliphatic carbocycles. The van der Waals surface area contributed by atoms with Crippen molar-refractivity contribution in [3.05, 3.63) is 29.8 Å². The molecule has 2 unspecified atom stereocenters. The highest BCUT2D eigenvalue weighted by molar-refractivity contribution is 5.61. The van der Waals surface area contributed by atoms with Crippen LogP contribution in [0.4, 0.5) is 5.82 Å². The maximum absolute atomic E-state index is 5.91. The molecule has 2 saturated carbocycles. The summed E-state index contributed by atoms with van der Waals surface area (Å²) in [7, 11) is 2.24. The van der Waals surface area contributed by atoms with Crippen molar-refractivity contribution in [1.82, 2.24) is 24.3 Å². The van der Waals surface area contributed by atoms with Gasteiger partial charge < -0.3 is 15.2 Å². The number of aromatic nitrogens is 3. The third-order valence-corrected chi connectivity index (χ3v) is 7.44. The Labute approximate surface area is 174 Å². The Hall–Kier alpha value is -1.92. The molecule has 0 amide bonds. The minimum Gasteiger partial charge on any atom is -0.383 e. The predicted molar refractivity (Wildman–Crippen MR) is 117 cm³/mol. The van der Waals surface area contributed by atoms with Crippen molar-refractivity contribution in [2.45, 2.75) is 51.6 Å². The first-order chi connectivity index (χ1) is 13.9. The number of imidazole rings is 1. The van der Waals surface area contributed by atoms with Gasteiger partial charge in [0.05, 0.1) is 5.69 Å². The van der Waals surface area contributed by atoms with Gasteiger partial charge in [-0.05, 0) is 50.3 Å². The summed E-state index contributed by atoms with van der Waals surface area (Å²) in [6.45, 7) is 11.4. The fourth-order valence-corrected chi connectivity index (χ4v) is 5.61. The molecule has 0 aromatic carbocycles. The molecule has 3 heterocycles. The van der Waals surface area contributed by atoms with Crippen molar-refractivity contribution in [1.29, 1.82) is 0 Å². The number of pyridine rings is 1. The van der Waals surface area contributed by atoms with Crippen LogP contribution in [0.1, 0.15) is 50.0 Å². The minimum absolute atomic E-state index is 0.418. The molecule has 4 atom stereocenters. The number of hydrogen-bond donors (Lipinski definition) is 1. The lowest BCUT2D eigenvalue weighted by Gasteiger charge is -2.37. The van der Waals surface area contributed by atoms with Gasteiger partial charge in [-0.1, -0.05) is 13.8 Å². The summed E-state index contributed by atoms with van der Waals surface area (Å²) < 4.78 is 2.50. The number of likely N-dealkylation sites (N-methyl/N-ethyl adjacent to an activating group) is 1. The van der Waals surface area contributed by atoms with Crippen molar-refractivity contribution in [3.8, 4) is 11.3 Å². The first-order valence-electron chi connectivity index (χ1n) is 11.2. The lowest BCUT2D eigenvalue weighted by molar-refractivity contribution is 0.105. The van der Waals surface area contributed by atoms with Crippen LogP contribution in [0.3, 0.4) is 0 Å². The Morgan fingerprint density at radius 1 is 1.10 bits per heavy atom. The minimum atomic E-state index is 0.418. The van der Waals surface area contributed by atoms with E-state index in [0.29, 0.717) is 17.8 Å². The summed E-state index contributed by atoms with van der Waals surface area (Å²) in [4.78, 5) is 14.6. The fraction of sp³-hybridized carbons (Fsp3) is 0.652. The van der Waals surface area contributed by atoms with Gasteiger partial charge in [0.25, 0.3) is 0 Å². The fourth-order valence-electron chi connectivity index (χ4n) is 5.61. The standard InChI is InChI=1S/C23H34N6/c1-14(2)23-26-20(16-9-15(3)22(24)25-12-16)13-29(23)21-18-10-17(11-19(18)21)28-7-5-27(4)6-8-28/h9,12-14,17-19,21H,5-8,10-11H2,1-4H3,(H2,24,25)/t17?,18-,19+,21?. The number of fused-ring (bicyclic) bond motifs is 1. The predicted octanol–water partition coefficient (Wildman–Crippen LogP) is 3.16. The number of hydrogen-bond acceptors (Lipinski definition) is 5. The van der Waals surface area contributed by atoms with Crippen molar-refractivity contribution in [2.75, 3.05) is 39.0 Å². The third-order valence-electron chi connectivity index (χ3n) is 7.44. The van der Waals surface area contributed by atoms with E-state index in [1.807, 2.05) is 13.1 Å². The van der Waals surface area contributed by atoms with Crippen LogP contribution in [0.2, 0.25) is 0 Å². The van der Waals surface area contributed by atoms with Gasteiger partial charge in [0.15, 0.2) is 0 Å². The van der Waals surface area contributed by atoms with Crippen LogP contribution in [0.5, 0.6) is 0 Å². The molecule has 0 bridgehead atoms. The number of nitrogen functional groups attached to an aromatic ring is 1. The summed E-state index contributed by atoms with van der Waals surface area (Å²) in [6.07, 6.45) is 6.84. The molecule has 2 aromatic heterocycles. The molecule has 5 rings (SSSR count). The Morgan fingerprint density at radius 2 is 1.79 bits per heavy atom. The molecular formula is C23H34N6. The molecule has 0 spiro atoms. The summed E-state index contributed by atoms with van der Waals surface area (Å²) >= 11 is 0. The Morgan fingerprint density at radius 3 is 2.41 bits per heavy atom. The molecule has 6 nitrogen and oxygen atoms in total. The maximum atomic E-state index is 5.91. The van der Waals surface area contributed by atoms with E-state index in [1.54, 1.807) is 0 Å². The lowest BCUT2D eigenvalue weighted by Crippen LogP contribution is -2.48. The van der Waals surface area contributed by atoms with Gasteiger partial charge in [-0.25, -0.2) is 9.97 Å². The SMILES string of the molecule is Cc1cc(-c2cn(C3[C@H]4CC(N5CCN(C)CC5)C[C@@H]34)c(C(C)C)n2)cnc1N. The lowest BCUT2D eigenvalue weighted by atomic mass is 10.1. The van der Waals surface area contributed by atoms with Crippen LogP contribution < -0.4 is 5.73 Å². The van der Waals surface area contributed by atoms with Crippen molar-refractivity contribution in [2.24, 2.45) is 11.8 Å². The van der Waals surface area contributed by atoms with E-state index in [0.717, 1.165) is 34.7 Å². The molecule has 2 N–H and O–H groups in total. The molecule has 6 heteroatoms. The second-order valence-electron chi connectivity index (χ2n) is 9.76. The average Bonchev–Trinajstić information content (AvgIpc) is 3.06. The molecule has 29 heavy (non-hydrogen) atoms. The zero-order valence-corrected chi connectivity index (χ0v) is 18.2. The summed E-state index contributed by atoms with van der Waals surface area (Å²) in [5.74, 6) is 3.88. The second-order valence-corrected chi connectivity index (χ2v) is 9.76. The van der Waals surface area contributed by atoms with Crippen molar-refractivity contribution < 1.29 is 0 Å². The van der Waals surface area contributed by atoms with Gasteiger partial charge >= 0.3 is 0 Å². The number of nitrogens with zero attached hydrogens (tertiary/aromatic N) is 5. The summed E-state index contributed by atoms with van der Waals surface area (Å²) in [5, 5.41) is 0. The molecule has 156 valence electrons. The van der Waals surface area contributed by atoms with E-state index < -0.39 is 0 Å². The quantitative estimate of drug-likeness (QED) is 0.863. The number of rotatable bonds is 4. The number of nitrogens with two attached hydrogens (primary N) is 1. The second kappa shape index (κ2) is 7.10. The average molecular weight is 395 g/mol. The van der Waals surface area contributed by atoms with Crippen LogP contribution in [0, 0.1) is 18.8 Å². The van der Waals surface area contributed by atoms with Gasteiger partial charge in [-0.3, -0.25) is 4.90 Å². The Bertz CT molecular complexity index is 883. The monoisotopic (exact) mass is 394 g/mol. The van der Waals surface area contributed by atoms with Gasteiger partial charge in [0.1, 0.15) is 11.6 Å². The zero-order valence-electron chi connectivity index (χ0n) is 18.2. The largest absolute Gasteiger partial charge is 0.383 e. The van der Waals surface area contributed by atoms with E-state index >= 15 is 0 Å². The first kappa shape index (κ1) is 19.1. The highest BCUT2D eigenvalue weighted by Gasteiger charge is 2.58. The molecule has 0 radical (unpaired) electrons. The number of aryl methyl sites for hydroxylation is 1. The van der Waals surface area contributed by atoms with E-state index in [1.165, 1.54) is 44.8 Å². The number of piperazine rings is 1. The summed E-state index contributed by atoms with van der Waals surface area (Å²) in [5.41, 5.74) is 9.02. The van der Waals surface area contributed by atoms with Crippen LogP contribution in [-0.4, -0.2) is 63.6 Å². The molecule has 3 aliphatic rings. The topological polar surface area (TPSA) is 63.2 Å². The van der Waals surface area contributed by atoms with Gasteiger partial charge in [-0.15, -0.1) is 0 Å². The van der Waals surface area contributed by atoms with Crippen LogP contribution >= 0.6 is 0 Å². The highest BCUT2D eigenvalue weighted by Crippen LogP contribution is 2.62. The number of anilines is 1. The zero-order chi connectivity index (χ0) is 20.3. The van der Waals surface area contributed by atoms with E-state index in [-0.39, 0.29) is 0 Å². The molecule has 1 aliphatic heterocycles. The van der Waals surface area contributed by atoms with Crippen LogP contribution in [0.25, 0.3) is 11.3 Å². The van der Waals surface area contributed by atoms with E-state index in [4.69, 9.17) is 10.7 Å². The normalized spacial score (nSPS) is 30.1. The van der Waals surface area contributed by atoms with Crippen LogP contribution in [-0.2, 0) is 0 Å². The molecule has 3 fully saturated rings. The molecule has 2 aromatic rings. The van der Waals surface area contributed by atoms with Gasteiger partial charge in [-0.2, -0.15) is 0 Å². The van der Waals surface area contributed by atoms with E-state index in [2.05, 4.69) is 52.5 Å².